The van der Waals surface area contributed by atoms with E-state index in [1.165, 1.54) is 0 Å². The van der Waals surface area contributed by atoms with Crippen LogP contribution in [0.1, 0.15) is 13.8 Å². The van der Waals surface area contributed by atoms with Crippen LogP contribution < -0.4 is 5.57 Å². The standard InChI is InChI=1S/C7H7N2P.C2H6/c10-7-8-5-3-1-2-4-6(5)9-7;1-2/h1-4H,10H2,(H,8,9);1-2H3. The Morgan fingerprint density at radius 3 is 2.58 bits per heavy atom. The number of fused-ring (bicyclic) bond motifs is 1. The molecular formula is C9H13N2P. The molecule has 0 saturated carbocycles. The molecule has 0 radical (unpaired) electrons. The summed E-state index contributed by atoms with van der Waals surface area (Å²) in [7, 11) is 2.54. The van der Waals surface area contributed by atoms with Crippen molar-refractivity contribution in [2.75, 3.05) is 0 Å². The van der Waals surface area contributed by atoms with Gasteiger partial charge in [-0.15, -0.1) is 0 Å². The number of nitrogens with zero attached hydrogens (tertiary/aromatic N) is 1. The van der Waals surface area contributed by atoms with E-state index in [-0.39, 0.29) is 0 Å². The first kappa shape index (κ1) is 9.21. The Balaban J connectivity index is 0.000000336. The van der Waals surface area contributed by atoms with Crippen LogP contribution in [0.5, 0.6) is 0 Å². The van der Waals surface area contributed by atoms with E-state index in [1.54, 1.807) is 0 Å². The van der Waals surface area contributed by atoms with Crippen LogP contribution in [0, 0.1) is 0 Å². The van der Waals surface area contributed by atoms with Gasteiger partial charge in [0.2, 0.25) is 0 Å². The van der Waals surface area contributed by atoms with Crippen LogP contribution >= 0.6 is 9.24 Å². The van der Waals surface area contributed by atoms with E-state index in [2.05, 4.69) is 19.2 Å². The van der Waals surface area contributed by atoms with Gasteiger partial charge in [0.1, 0.15) is 5.57 Å². The van der Waals surface area contributed by atoms with Gasteiger partial charge in [0.15, 0.2) is 0 Å². The summed E-state index contributed by atoms with van der Waals surface area (Å²) in [6.07, 6.45) is 0. The van der Waals surface area contributed by atoms with Crippen molar-refractivity contribution in [2.24, 2.45) is 0 Å². The molecule has 0 spiro atoms. The lowest BCUT2D eigenvalue weighted by atomic mass is 10.3. The maximum absolute atomic E-state index is 4.22. The lowest BCUT2D eigenvalue weighted by molar-refractivity contribution is 1.45. The van der Waals surface area contributed by atoms with Crippen molar-refractivity contribution >= 4 is 25.8 Å². The maximum Gasteiger partial charge on any atom is 0.123 e. The lowest BCUT2D eigenvalue weighted by Gasteiger charge is -1.81. The average molecular weight is 180 g/mol. The Hall–Kier alpha value is -0.880. The molecule has 1 heterocycles. The number of hydrogen-bond donors (Lipinski definition) is 1. The van der Waals surface area contributed by atoms with Crippen LogP contribution in [-0.4, -0.2) is 9.97 Å². The van der Waals surface area contributed by atoms with E-state index in [0.29, 0.717) is 0 Å². The van der Waals surface area contributed by atoms with Crippen LogP contribution in [-0.2, 0) is 0 Å². The highest BCUT2D eigenvalue weighted by atomic mass is 31.0. The zero-order chi connectivity index (χ0) is 8.97. The zero-order valence-corrected chi connectivity index (χ0v) is 8.49. The van der Waals surface area contributed by atoms with E-state index in [0.717, 1.165) is 16.6 Å². The minimum atomic E-state index is 0.890. The quantitative estimate of drug-likeness (QED) is 0.618. The summed E-state index contributed by atoms with van der Waals surface area (Å²) in [6.45, 7) is 4.00. The van der Waals surface area contributed by atoms with Crippen LogP contribution in [0.25, 0.3) is 11.0 Å². The molecule has 2 aromatic rings. The van der Waals surface area contributed by atoms with Crippen molar-refractivity contribution in [1.29, 1.82) is 0 Å². The molecule has 2 nitrogen and oxygen atoms in total. The molecular weight excluding hydrogens is 167 g/mol. The Labute approximate surface area is 74.6 Å². The van der Waals surface area contributed by atoms with E-state index >= 15 is 0 Å². The van der Waals surface area contributed by atoms with Gasteiger partial charge in [-0.25, -0.2) is 4.98 Å². The van der Waals surface area contributed by atoms with E-state index in [1.807, 2.05) is 38.1 Å². The molecule has 1 aromatic carbocycles. The molecule has 1 N–H and O–H groups in total. The number of para-hydroxylation sites is 2. The number of H-pyrrole nitrogens is 1. The molecule has 1 aromatic heterocycles. The molecule has 0 aliphatic heterocycles. The van der Waals surface area contributed by atoms with Gasteiger partial charge < -0.3 is 4.98 Å². The fourth-order valence-electron chi connectivity index (χ4n) is 0.973. The molecule has 0 aliphatic rings. The number of benzene rings is 1. The highest BCUT2D eigenvalue weighted by Crippen LogP contribution is 2.06. The predicted octanol–water partition coefficient (Wildman–Crippen LogP) is 2.09. The Morgan fingerprint density at radius 1 is 1.25 bits per heavy atom. The summed E-state index contributed by atoms with van der Waals surface area (Å²) >= 11 is 0. The SMILES string of the molecule is CC.Pc1nc2ccccc2[nH]1. The number of aromatic nitrogens is 2. The predicted molar refractivity (Wildman–Crippen MR) is 56.8 cm³/mol. The van der Waals surface area contributed by atoms with Crippen LogP contribution in [0.2, 0.25) is 0 Å². The largest absolute Gasteiger partial charge is 0.339 e. The second-order valence-corrected chi connectivity index (χ2v) is 2.69. The van der Waals surface area contributed by atoms with Gasteiger partial charge >= 0.3 is 0 Å². The number of hydrogen-bond acceptors (Lipinski definition) is 1. The molecule has 12 heavy (non-hydrogen) atoms. The fraction of sp³-hybridized carbons (Fsp3) is 0.222. The first-order chi connectivity index (χ1) is 5.86. The van der Waals surface area contributed by atoms with Crippen LogP contribution in [0.3, 0.4) is 0 Å². The molecule has 1 unspecified atom stereocenters. The maximum atomic E-state index is 4.22. The summed E-state index contributed by atoms with van der Waals surface area (Å²) < 4.78 is 0. The second kappa shape index (κ2) is 4.22. The van der Waals surface area contributed by atoms with Crippen LogP contribution in [0.15, 0.2) is 24.3 Å². The van der Waals surface area contributed by atoms with Crippen molar-refractivity contribution in [1.82, 2.24) is 9.97 Å². The molecule has 0 bridgehead atoms. The third kappa shape index (κ3) is 1.83. The molecule has 1 atom stereocenters. The molecule has 0 amide bonds. The highest BCUT2D eigenvalue weighted by Gasteiger charge is 1.94. The molecule has 0 saturated heterocycles. The number of aromatic amines is 1. The topological polar surface area (TPSA) is 28.7 Å². The minimum absolute atomic E-state index is 0.890. The van der Waals surface area contributed by atoms with Gasteiger partial charge in [-0.1, -0.05) is 35.2 Å². The van der Waals surface area contributed by atoms with Crippen molar-refractivity contribution in [3.05, 3.63) is 24.3 Å². The second-order valence-electron chi connectivity index (χ2n) is 2.14. The monoisotopic (exact) mass is 180 g/mol. The highest BCUT2D eigenvalue weighted by molar-refractivity contribution is 7.26. The number of imidazole rings is 1. The zero-order valence-electron chi connectivity index (χ0n) is 7.33. The fourth-order valence-corrected chi connectivity index (χ4v) is 1.27. The van der Waals surface area contributed by atoms with Crippen LogP contribution in [0.4, 0.5) is 0 Å². The molecule has 64 valence electrons. The van der Waals surface area contributed by atoms with Crippen molar-refractivity contribution in [3.8, 4) is 0 Å². The third-order valence-corrected chi connectivity index (χ3v) is 1.68. The minimum Gasteiger partial charge on any atom is -0.339 e. The normalized spacial score (nSPS) is 9.25. The summed E-state index contributed by atoms with van der Waals surface area (Å²) in [4.78, 5) is 7.33. The van der Waals surface area contributed by atoms with Gasteiger partial charge in [-0.05, 0) is 12.1 Å². The lowest BCUT2D eigenvalue weighted by Crippen LogP contribution is -1.91. The first-order valence-corrected chi connectivity index (χ1v) is 4.64. The Bertz CT molecular complexity index is 321. The van der Waals surface area contributed by atoms with Crippen molar-refractivity contribution < 1.29 is 0 Å². The summed E-state index contributed by atoms with van der Waals surface area (Å²) in [5.74, 6) is 0. The van der Waals surface area contributed by atoms with E-state index < -0.39 is 0 Å². The van der Waals surface area contributed by atoms with E-state index in [4.69, 9.17) is 0 Å². The molecule has 3 heteroatoms. The summed E-state index contributed by atoms with van der Waals surface area (Å²) in [5, 5.41) is 0. The number of rotatable bonds is 0. The van der Waals surface area contributed by atoms with Gasteiger partial charge in [-0.2, -0.15) is 0 Å². The first-order valence-electron chi connectivity index (χ1n) is 4.06. The smallest absolute Gasteiger partial charge is 0.123 e. The third-order valence-electron chi connectivity index (χ3n) is 1.41. The Morgan fingerprint density at radius 2 is 1.92 bits per heavy atom. The van der Waals surface area contributed by atoms with Gasteiger partial charge in [0.25, 0.3) is 0 Å². The summed E-state index contributed by atoms with van der Waals surface area (Å²) in [5.41, 5.74) is 3.00. The van der Waals surface area contributed by atoms with Gasteiger partial charge in [0.05, 0.1) is 11.0 Å². The molecule has 2 rings (SSSR count). The molecule has 0 aliphatic carbocycles. The average Bonchev–Trinajstić information content (AvgIpc) is 2.48. The van der Waals surface area contributed by atoms with Crippen molar-refractivity contribution in [2.45, 2.75) is 13.8 Å². The van der Waals surface area contributed by atoms with Gasteiger partial charge in [-0.3, -0.25) is 0 Å². The summed E-state index contributed by atoms with van der Waals surface area (Å²) in [6, 6.07) is 7.97. The number of nitrogens with one attached hydrogen (secondary N) is 1. The molecule has 0 fully saturated rings. The Kier molecular flexibility index (Phi) is 3.24. The van der Waals surface area contributed by atoms with Gasteiger partial charge in [0, 0.05) is 0 Å². The van der Waals surface area contributed by atoms with Crippen molar-refractivity contribution in [3.63, 3.8) is 0 Å². The van der Waals surface area contributed by atoms with E-state index in [9.17, 15) is 0 Å².